The first-order valence-corrected chi connectivity index (χ1v) is 26.9. The Morgan fingerprint density at radius 2 is 0.266 bits per heavy atom. The van der Waals surface area contributed by atoms with Gasteiger partial charge in [-0.05, 0) is 109 Å². The zero-order valence-corrected chi connectivity index (χ0v) is 51.7. The smallest absolute Gasteiger partial charge is 0.540 e. The summed E-state index contributed by atoms with van der Waals surface area (Å²) < 4.78 is 43.9. The average molecular weight is 1470 g/mol. The van der Waals surface area contributed by atoms with Crippen LogP contribution in [-0.4, -0.2) is 116 Å². The van der Waals surface area contributed by atoms with Crippen molar-refractivity contribution in [3.8, 4) is 0 Å². The minimum atomic E-state index is -3.47. The van der Waals surface area contributed by atoms with Crippen LogP contribution in [0, 0.1) is 0 Å². The summed E-state index contributed by atoms with van der Waals surface area (Å²) in [7, 11) is 0. The fourth-order valence-electron chi connectivity index (χ4n) is 7.36. The molecule has 0 aromatic heterocycles. The summed E-state index contributed by atoms with van der Waals surface area (Å²) in [4.78, 5) is 148. The van der Waals surface area contributed by atoms with Gasteiger partial charge < -0.3 is 72.3 Å². The van der Waals surface area contributed by atoms with Crippen LogP contribution in [0.4, 0.5) is 0 Å². The van der Waals surface area contributed by atoms with Crippen LogP contribution in [0.2, 0.25) is 0 Å². The van der Waals surface area contributed by atoms with E-state index in [0.29, 0.717) is 0 Å². The minimum absolute atomic E-state index is 0. The number of ether oxygens (including phenoxy) is 9. The molecule has 0 aliphatic rings. The predicted molar refractivity (Wildman–Crippen MR) is 316 cm³/mol. The molecule has 0 spiro atoms. The maximum absolute atomic E-state index is 12.5. The molecular formula is C69H45BiO24. The second-order valence-corrected chi connectivity index (χ2v) is 18.3. The van der Waals surface area contributed by atoms with E-state index in [2.05, 4.69) is 0 Å². The van der Waals surface area contributed by atoms with Gasteiger partial charge in [0.1, 0.15) is 0 Å². The van der Waals surface area contributed by atoms with E-state index >= 15 is 0 Å². The van der Waals surface area contributed by atoms with Crippen molar-refractivity contribution < 1.29 is 115 Å². The molecule has 24 nitrogen and oxygen atoms in total. The largest absolute Gasteiger partial charge is 3.00 e. The second kappa shape index (κ2) is 33.9. The third kappa shape index (κ3) is 19.5. The Morgan fingerprint density at radius 1 is 0.181 bits per heavy atom. The van der Waals surface area contributed by atoms with E-state index in [1.807, 2.05) is 0 Å². The Labute approximate surface area is 551 Å². The molecular weight excluding hydrogens is 1420 g/mol. The summed E-state index contributed by atoms with van der Waals surface area (Å²) in [6.45, 7) is 0. The van der Waals surface area contributed by atoms with Crippen LogP contribution < -0.4 is 15.3 Å². The van der Waals surface area contributed by atoms with Crippen LogP contribution in [0.1, 0.15) is 93.2 Å². The monoisotopic (exact) mass is 1470 g/mol. The Balaban J connectivity index is 0.000000222. The number of carbonyl (C=O) groups is 12. The van der Waals surface area contributed by atoms with Gasteiger partial charge in [0.2, 0.25) is 0 Å². The summed E-state index contributed by atoms with van der Waals surface area (Å²) in [5.41, 5.74) is -0.628. The summed E-state index contributed by atoms with van der Waals surface area (Å²) in [5.74, 6) is -28.1. The molecule has 0 N–H and O–H groups in total. The molecule has 0 heterocycles. The Kier molecular flexibility index (Phi) is 25.5. The molecule has 0 saturated carbocycles. The normalized spacial score (nSPS) is 10.5. The van der Waals surface area contributed by atoms with Crippen molar-refractivity contribution in [2.45, 2.75) is 17.9 Å². The van der Waals surface area contributed by atoms with Gasteiger partial charge in [-0.1, -0.05) is 164 Å². The van der Waals surface area contributed by atoms with Gasteiger partial charge in [-0.2, -0.15) is 0 Å². The van der Waals surface area contributed by atoms with E-state index in [1.165, 1.54) is 218 Å². The summed E-state index contributed by atoms with van der Waals surface area (Å²) >= 11 is 0. The summed E-state index contributed by atoms with van der Waals surface area (Å²) in [5, 5.41) is 35.9. The Morgan fingerprint density at radius 3 is 0.340 bits per heavy atom. The predicted octanol–water partition coefficient (Wildman–Crippen LogP) is 5.50. The van der Waals surface area contributed by atoms with E-state index in [-0.39, 0.29) is 76.3 Å². The van der Waals surface area contributed by atoms with Crippen LogP contribution in [-0.2, 0) is 57.0 Å². The van der Waals surface area contributed by atoms with Crippen molar-refractivity contribution in [3.05, 3.63) is 323 Å². The molecule has 0 aliphatic heterocycles. The van der Waals surface area contributed by atoms with E-state index < -0.39 is 89.6 Å². The number of hydrogen-bond acceptors (Lipinski definition) is 24. The molecule has 0 unspecified atom stereocenters. The van der Waals surface area contributed by atoms with Gasteiger partial charge in [-0.15, -0.1) is 0 Å². The first kappa shape index (κ1) is 70.6. The van der Waals surface area contributed by atoms with Gasteiger partial charge in [0.05, 0.1) is 50.1 Å². The van der Waals surface area contributed by atoms with Crippen molar-refractivity contribution in [1.82, 2.24) is 0 Å². The van der Waals surface area contributed by atoms with Crippen molar-refractivity contribution >= 4 is 97.8 Å². The van der Waals surface area contributed by atoms with Gasteiger partial charge in [0.25, 0.3) is 0 Å². The molecule has 25 heteroatoms. The number of hydrogen-bond donors (Lipinski definition) is 0. The van der Waals surface area contributed by atoms with E-state index in [4.69, 9.17) is 42.6 Å². The zero-order valence-electron chi connectivity index (χ0n) is 48.2. The fourth-order valence-corrected chi connectivity index (χ4v) is 7.36. The van der Waals surface area contributed by atoms with Gasteiger partial charge >= 0.3 is 97.8 Å². The topological polar surface area (TPSA) is 357 Å². The summed E-state index contributed by atoms with van der Waals surface area (Å²) in [6.07, 6.45) is 0. The van der Waals surface area contributed by atoms with Crippen molar-refractivity contribution in [1.29, 1.82) is 0 Å². The van der Waals surface area contributed by atoms with Crippen LogP contribution in [0.25, 0.3) is 0 Å². The van der Waals surface area contributed by atoms with Crippen LogP contribution in [0.5, 0.6) is 0 Å². The number of carboxylic acid groups (broad SMARTS) is 3. The number of benzene rings is 9. The molecule has 9 rings (SSSR count). The average Bonchev–Trinajstić information content (AvgIpc) is 0.819. The standard InChI is InChI=1S/3C23H16O8.Bi/c3*24-19(16-10-4-1-5-11-16)29-23(22(27)28,30-20(25)17-12-6-2-7-13-17)31-21(26)18-14-8-3-9-15-18;/h3*1-15H,(H,27,28);/q;;;+3/p-3. The maximum Gasteiger partial charge on any atom is 3.00 e. The number of esters is 9. The van der Waals surface area contributed by atoms with Crippen molar-refractivity contribution in [2.75, 3.05) is 0 Å². The third-order valence-electron chi connectivity index (χ3n) is 11.9. The van der Waals surface area contributed by atoms with Crippen LogP contribution in [0.15, 0.2) is 273 Å². The molecule has 0 fully saturated rings. The molecule has 0 amide bonds. The number of carbonyl (C=O) groups excluding carboxylic acids is 12. The fraction of sp³-hybridized carbons (Fsp3) is 0.0435. The molecule has 470 valence electrons. The van der Waals surface area contributed by atoms with Gasteiger partial charge in [-0.3, -0.25) is 0 Å². The van der Waals surface area contributed by atoms with Gasteiger partial charge in [0, 0.05) is 0 Å². The molecule has 0 atom stereocenters. The molecule has 9 aromatic rings. The van der Waals surface area contributed by atoms with E-state index in [0.717, 1.165) is 0 Å². The first-order valence-electron chi connectivity index (χ1n) is 26.9. The van der Waals surface area contributed by atoms with Gasteiger partial charge in [0.15, 0.2) is 17.9 Å². The Bertz CT molecular complexity index is 3280. The maximum atomic E-state index is 12.5. The molecule has 0 bridgehead atoms. The molecule has 94 heavy (non-hydrogen) atoms. The SMILES string of the molecule is O=C(OC(OC(=O)c1ccccc1)(OC(=O)c1ccccc1)C(=O)[O-])c1ccccc1.O=C(OC(OC(=O)c1ccccc1)(OC(=O)c1ccccc1)C(=O)[O-])c1ccccc1.O=C(OC(OC(=O)c1ccccc1)(OC(=O)c1ccccc1)C(=O)[O-])c1ccccc1.[Bi+3]. The minimum Gasteiger partial charge on any atom is -0.540 e. The molecule has 0 saturated heterocycles. The second-order valence-electron chi connectivity index (χ2n) is 18.3. The van der Waals surface area contributed by atoms with Crippen LogP contribution >= 0.6 is 0 Å². The quantitative estimate of drug-likeness (QED) is 0.0371. The molecule has 9 aromatic carbocycles. The van der Waals surface area contributed by atoms with E-state index in [9.17, 15) is 72.9 Å². The van der Waals surface area contributed by atoms with E-state index in [1.54, 1.807) is 54.6 Å². The molecule has 2 radical (unpaired) electrons. The summed E-state index contributed by atoms with van der Waals surface area (Å²) in [6, 6.07) is 65.6. The van der Waals surface area contributed by atoms with Crippen molar-refractivity contribution in [3.63, 3.8) is 0 Å². The third-order valence-corrected chi connectivity index (χ3v) is 11.9. The van der Waals surface area contributed by atoms with Crippen LogP contribution in [0.3, 0.4) is 0 Å². The molecule has 0 aliphatic carbocycles. The van der Waals surface area contributed by atoms with Crippen molar-refractivity contribution in [2.24, 2.45) is 0 Å². The number of rotatable bonds is 21. The van der Waals surface area contributed by atoms with Gasteiger partial charge in [-0.25, -0.2) is 43.2 Å². The number of carboxylic acids is 3. The number of aliphatic carboxylic acids is 3. The Hall–Kier alpha value is -12.5. The zero-order chi connectivity index (χ0) is 66.8. The first-order chi connectivity index (χ1) is 44.7.